The van der Waals surface area contributed by atoms with Gasteiger partial charge in [-0.2, -0.15) is 9.90 Å². The number of para-hydroxylation sites is 2. The molecule has 1 atom stereocenters. The van der Waals surface area contributed by atoms with Gasteiger partial charge in [0.1, 0.15) is 5.82 Å². The zero-order valence-electron chi connectivity index (χ0n) is 17.3. The van der Waals surface area contributed by atoms with Crippen LogP contribution in [0.25, 0.3) is 16.6 Å². The molecule has 1 aliphatic rings. The topological polar surface area (TPSA) is 106 Å². The summed E-state index contributed by atoms with van der Waals surface area (Å²) in [7, 11) is 0. The Labute approximate surface area is 183 Å². The molecule has 1 saturated heterocycles. The minimum Gasteiger partial charge on any atom is -0.376 e. The maximum absolute atomic E-state index is 13.4. The van der Waals surface area contributed by atoms with Crippen LogP contribution >= 0.6 is 0 Å². The van der Waals surface area contributed by atoms with E-state index in [-0.39, 0.29) is 29.8 Å². The molecule has 0 spiro atoms. The second-order valence-corrected chi connectivity index (χ2v) is 7.71. The lowest BCUT2D eigenvalue weighted by molar-refractivity contribution is 0.0496. The number of amides is 1. The molecule has 1 N–H and O–H groups in total. The standard InChI is InChI=1S/C23H22N6O3/c30-22-18-10-4-5-11-19(18)25-21(26-22)15-28(14-17-9-6-12-32-17)23(31)20-13-24-29(27-20)16-7-2-1-3-8-16/h1-5,7-8,10-11,13,17H,6,9,12,14-15H2,(H,25,26,30)/t17-/m1/s1. The van der Waals surface area contributed by atoms with Crippen molar-refractivity contribution < 1.29 is 9.53 Å². The number of aromatic nitrogens is 5. The first-order valence-corrected chi connectivity index (χ1v) is 10.5. The number of carbonyl (C=O) groups excluding carboxylic acids is 1. The molecule has 0 saturated carbocycles. The fraction of sp³-hybridized carbons (Fsp3) is 0.261. The number of H-pyrrole nitrogens is 1. The molecule has 3 heterocycles. The Morgan fingerprint density at radius 2 is 1.97 bits per heavy atom. The van der Waals surface area contributed by atoms with Crippen molar-refractivity contribution in [2.45, 2.75) is 25.5 Å². The van der Waals surface area contributed by atoms with Gasteiger partial charge in [-0.05, 0) is 37.1 Å². The van der Waals surface area contributed by atoms with Gasteiger partial charge in [-0.1, -0.05) is 30.3 Å². The van der Waals surface area contributed by atoms with Crippen molar-refractivity contribution in [2.75, 3.05) is 13.2 Å². The van der Waals surface area contributed by atoms with E-state index in [1.165, 1.54) is 11.0 Å². The minimum absolute atomic E-state index is 0.0599. The Morgan fingerprint density at radius 1 is 1.16 bits per heavy atom. The minimum atomic E-state index is -0.293. The largest absolute Gasteiger partial charge is 0.376 e. The number of rotatable bonds is 6. The molecule has 162 valence electrons. The normalized spacial score (nSPS) is 15.8. The third-order valence-electron chi connectivity index (χ3n) is 5.44. The summed E-state index contributed by atoms with van der Waals surface area (Å²) < 4.78 is 5.75. The van der Waals surface area contributed by atoms with Crippen molar-refractivity contribution in [3.63, 3.8) is 0 Å². The Hall–Kier alpha value is -3.85. The van der Waals surface area contributed by atoms with Crippen LogP contribution in [0, 0.1) is 0 Å². The van der Waals surface area contributed by atoms with Crippen LogP contribution < -0.4 is 5.56 Å². The molecule has 1 amide bonds. The first kappa shape index (κ1) is 20.1. The van der Waals surface area contributed by atoms with E-state index in [1.807, 2.05) is 36.4 Å². The Kier molecular flexibility index (Phi) is 5.47. The highest BCUT2D eigenvalue weighted by Gasteiger charge is 2.26. The molecule has 0 aliphatic carbocycles. The highest BCUT2D eigenvalue weighted by Crippen LogP contribution is 2.17. The summed E-state index contributed by atoms with van der Waals surface area (Å²) in [5.74, 6) is 0.119. The quantitative estimate of drug-likeness (QED) is 0.503. The number of aromatic amines is 1. The van der Waals surface area contributed by atoms with Crippen LogP contribution in [0.2, 0.25) is 0 Å². The number of fused-ring (bicyclic) bond motifs is 1. The summed E-state index contributed by atoms with van der Waals surface area (Å²) in [6.07, 6.45) is 3.23. The zero-order chi connectivity index (χ0) is 21.9. The van der Waals surface area contributed by atoms with Crippen molar-refractivity contribution in [2.24, 2.45) is 0 Å². The van der Waals surface area contributed by atoms with Crippen molar-refractivity contribution in [1.29, 1.82) is 0 Å². The summed E-state index contributed by atoms with van der Waals surface area (Å²) >= 11 is 0. The predicted octanol–water partition coefficient (Wildman–Crippen LogP) is 2.33. The lowest BCUT2D eigenvalue weighted by Crippen LogP contribution is -2.38. The monoisotopic (exact) mass is 430 g/mol. The Bertz CT molecular complexity index is 1290. The van der Waals surface area contributed by atoms with Crippen LogP contribution in [-0.4, -0.2) is 55.0 Å². The van der Waals surface area contributed by atoms with Crippen molar-refractivity contribution in [3.05, 3.63) is 82.7 Å². The van der Waals surface area contributed by atoms with E-state index in [2.05, 4.69) is 20.2 Å². The van der Waals surface area contributed by atoms with Gasteiger partial charge < -0.3 is 14.6 Å². The van der Waals surface area contributed by atoms with Gasteiger partial charge in [0.15, 0.2) is 5.69 Å². The van der Waals surface area contributed by atoms with E-state index in [9.17, 15) is 9.59 Å². The lowest BCUT2D eigenvalue weighted by atomic mass is 10.2. The fourth-order valence-electron chi connectivity index (χ4n) is 3.85. The van der Waals surface area contributed by atoms with Crippen LogP contribution in [0.5, 0.6) is 0 Å². The highest BCUT2D eigenvalue weighted by atomic mass is 16.5. The molecule has 1 aliphatic heterocycles. The van der Waals surface area contributed by atoms with Crippen molar-refractivity contribution >= 4 is 16.8 Å². The number of hydrogen-bond acceptors (Lipinski definition) is 6. The van der Waals surface area contributed by atoms with E-state index in [4.69, 9.17) is 4.74 Å². The molecule has 1 fully saturated rings. The summed E-state index contributed by atoms with van der Waals surface area (Å²) in [4.78, 5) is 36.2. The van der Waals surface area contributed by atoms with Gasteiger partial charge in [-0.15, -0.1) is 5.10 Å². The summed E-state index contributed by atoms with van der Waals surface area (Å²) in [5.41, 5.74) is 1.34. The van der Waals surface area contributed by atoms with Gasteiger partial charge in [0, 0.05) is 13.2 Å². The van der Waals surface area contributed by atoms with Gasteiger partial charge in [0.05, 0.1) is 35.4 Å². The van der Waals surface area contributed by atoms with Gasteiger partial charge in [0.2, 0.25) is 0 Å². The number of ether oxygens (including phenoxy) is 1. The van der Waals surface area contributed by atoms with Gasteiger partial charge >= 0.3 is 0 Å². The van der Waals surface area contributed by atoms with Crippen LogP contribution in [0.4, 0.5) is 0 Å². The van der Waals surface area contributed by atoms with E-state index in [1.54, 1.807) is 23.1 Å². The van der Waals surface area contributed by atoms with Crippen molar-refractivity contribution in [3.8, 4) is 5.69 Å². The smallest absolute Gasteiger partial charge is 0.276 e. The summed E-state index contributed by atoms with van der Waals surface area (Å²) in [6.45, 7) is 1.20. The molecular weight excluding hydrogens is 408 g/mol. The van der Waals surface area contributed by atoms with Crippen LogP contribution in [-0.2, 0) is 11.3 Å². The maximum atomic E-state index is 13.4. The first-order chi connectivity index (χ1) is 15.7. The molecule has 9 heteroatoms. The number of nitrogens with zero attached hydrogens (tertiary/aromatic N) is 5. The van der Waals surface area contributed by atoms with Gasteiger partial charge in [-0.25, -0.2) is 4.98 Å². The van der Waals surface area contributed by atoms with E-state index in [0.29, 0.717) is 29.9 Å². The molecule has 2 aromatic carbocycles. The number of nitrogens with one attached hydrogen (secondary N) is 1. The zero-order valence-corrected chi connectivity index (χ0v) is 17.3. The third-order valence-corrected chi connectivity index (χ3v) is 5.44. The van der Waals surface area contributed by atoms with Gasteiger partial charge in [0.25, 0.3) is 11.5 Å². The average Bonchev–Trinajstić information content (AvgIpc) is 3.51. The Balaban J connectivity index is 1.44. The lowest BCUT2D eigenvalue weighted by Gasteiger charge is -2.24. The molecule has 0 unspecified atom stereocenters. The molecule has 0 bridgehead atoms. The summed E-state index contributed by atoms with van der Waals surface area (Å²) in [5, 5.41) is 9.12. The van der Waals surface area contributed by atoms with E-state index < -0.39 is 0 Å². The second-order valence-electron chi connectivity index (χ2n) is 7.71. The Morgan fingerprint density at radius 3 is 2.78 bits per heavy atom. The maximum Gasteiger partial charge on any atom is 0.276 e. The molecule has 5 rings (SSSR count). The molecule has 0 radical (unpaired) electrons. The summed E-state index contributed by atoms with van der Waals surface area (Å²) in [6, 6.07) is 16.5. The molecule has 4 aromatic rings. The molecule has 32 heavy (non-hydrogen) atoms. The SMILES string of the molecule is O=C(c1cnn(-c2ccccc2)n1)N(Cc1nc2ccccc2c(=O)[nH]1)C[C@H]1CCCO1. The molecule has 2 aromatic heterocycles. The number of hydrogen-bond donors (Lipinski definition) is 1. The molecule has 9 nitrogen and oxygen atoms in total. The highest BCUT2D eigenvalue weighted by molar-refractivity contribution is 5.92. The average molecular weight is 430 g/mol. The first-order valence-electron chi connectivity index (χ1n) is 10.5. The van der Waals surface area contributed by atoms with Gasteiger partial charge in [-0.3, -0.25) is 9.59 Å². The fourth-order valence-corrected chi connectivity index (χ4v) is 3.85. The predicted molar refractivity (Wildman–Crippen MR) is 117 cm³/mol. The van der Waals surface area contributed by atoms with Crippen LogP contribution in [0.1, 0.15) is 29.2 Å². The molecular formula is C23H22N6O3. The third kappa shape index (κ3) is 4.15. The number of carbonyl (C=O) groups is 1. The van der Waals surface area contributed by atoms with E-state index in [0.717, 1.165) is 18.5 Å². The second kappa shape index (κ2) is 8.72. The van der Waals surface area contributed by atoms with Crippen LogP contribution in [0.3, 0.4) is 0 Å². The van der Waals surface area contributed by atoms with E-state index >= 15 is 0 Å². The van der Waals surface area contributed by atoms with Crippen molar-refractivity contribution in [1.82, 2.24) is 29.9 Å². The van der Waals surface area contributed by atoms with Crippen LogP contribution in [0.15, 0.2) is 65.6 Å². The number of benzene rings is 2.